The molecule has 7 heteroatoms. The van der Waals surface area contributed by atoms with Crippen LogP contribution in [0.1, 0.15) is 16.1 Å². The lowest BCUT2D eigenvalue weighted by atomic mass is 10.2. The highest BCUT2D eigenvalue weighted by Crippen LogP contribution is 2.21. The van der Waals surface area contributed by atoms with E-state index >= 15 is 0 Å². The molecule has 0 radical (unpaired) electrons. The molecule has 0 spiro atoms. The Morgan fingerprint density at radius 1 is 1.12 bits per heavy atom. The molecule has 0 aliphatic rings. The van der Waals surface area contributed by atoms with Gasteiger partial charge in [-0.1, -0.05) is 23.7 Å². The molecule has 0 atom stereocenters. The van der Waals surface area contributed by atoms with Crippen molar-refractivity contribution in [2.75, 3.05) is 10.6 Å². The molecule has 126 valence electrons. The van der Waals surface area contributed by atoms with E-state index in [4.69, 9.17) is 11.6 Å². The molecule has 0 unspecified atom stereocenters. The van der Waals surface area contributed by atoms with Crippen LogP contribution in [0.3, 0.4) is 0 Å². The van der Waals surface area contributed by atoms with E-state index in [9.17, 15) is 9.18 Å². The number of nitrogens with one attached hydrogen (secondary N) is 2. The maximum atomic E-state index is 13.2. The first-order valence-electron chi connectivity index (χ1n) is 7.43. The molecule has 0 fully saturated rings. The molecule has 0 aliphatic heterocycles. The molecule has 3 aromatic rings. The van der Waals surface area contributed by atoms with Gasteiger partial charge in [0.1, 0.15) is 23.7 Å². The monoisotopic (exact) mass is 356 g/mol. The van der Waals surface area contributed by atoms with Gasteiger partial charge in [0, 0.05) is 22.5 Å². The van der Waals surface area contributed by atoms with Gasteiger partial charge in [-0.05, 0) is 42.8 Å². The highest BCUT2D eigenvalue weighted by molar-refractivity contribution is 6.31. The quantitative estimate of drug-likeness (QED) is 0.718. The summed E-state index contributed by atoms with van der Waals surface area (Å²) in [6.07, 6.45) is 1.27. The zero-order valence-electron chi connectivity index (χ0n) is 13.3. The van der Waals surface area contributed by atoms with Gasteiger partial charge < -0.3 is 10.6 Å². The second-order valence-electron chi connectivity index (χ2n) is 5.34. The molecule has 0 bridgehead atoms. The van der Waals surface area contributed by atoms with Crippen molar-refractivity contribution in [2.24, 2.45) is 0 Å². The van der Waals surface area contributed by atoms with Gasteiger partial charge >= 0.3 is 0 Å². The smallest absolute Gasteiger partial charge is 0.274 e. The molecule has 1 aromatic heterocycles. The number of carbonyl (C=O) groups is 1. The zero-order chi connectivity index (χ0) is 17.8. The van der Waals surface area contributed by atoms with E-state index < -0.39 is 5.91 Å². The topological polar surface area (TPSA) is 66.9 Å². The summed E-state index contributed by atoms with van der Waals surface area (Å²) >= 11 is 5.96. The van der Waals surface area contributed by atoms with Crippen molar-refractivity contribution < 1.29 is 9.18 Å². The molecule has 25 heavy (non-hydrogen) atoms. The normalized spacial score (nSPS) is 10.4. The maximum Gasteiger partial charge on any atom is 0.274 e. The SMILES string of the molecule is Cc1ccc(Cl)cc1NC(=O)c1cc(Nc2cccc(F)c2)ncn1. The van der Waals surface area contributed by atoms with Gasteiger partial charge in [-0.2, -0.15) is 0 Å². The Morgan fingerprint density at radius 2 is 1.96 bits per heavy atom. The molecule has 0 saturated carbocycles. The summed E-state index contributed by atoms with van der Waals surface area (Å²) in [5.41, 5.74) is 2.18. The largest absolute Gasteiger partial charge is 0.340 e. The summed E-state index contributed by atoms with van der Waals surface area (Å²) in [6, 6.07) is 12.7. The molecule has 2 aromatic carbocycles. The van der Waals surface area contributed by atoms with E-state index in [1.54, 1.807) is 24.3 Å². The first-order valence-corrected chi connectivity index (χ1v) is 7.81. The molecule has 1 heterocycles. The number of nitrogens with zero attached hydrogens (tertiary/aromatic N) is 2. The van der Waals surface area contributed by atoms with Crippen molar-refractivity contribution in [1.29, 1.82) is 0 Å². The van der Waals surface area contributed by atoms with Crippen molar-refractivity contribution >= 4 is 34.7 Å². The Labute approximate surface area is 148 Å². The van der Waals surface area contributed by atoms with E-state index in [-0.39, 0.29) is 11.5 Å². The van der Waals surface area contributed by atoms with Crippen LogP contribution in [0, 0.1) is 12.7 Å². The number of rotatable bonds is 4. The van der Waals surface area contributed by atoms with Crippen molar-refractivity contribution in [3.63, 3.8) is 0 Å². The lowest BCUT2D eigenvalue weighted by Crippen LogP contribution is -2.15. The lowest BCUT2D eigenvalue weighted by Gasteiger charge is -2.10. The third kappa shape index (κ3) is 4.30. The highest BCUT2D eigenvalue weighted by Gasteiger charge is 2.11. The predicted octanol–water partition coefficient (Wildman–Crippen LogP) is 4.57. The van der Waals surface area contributed by atoms with Gasteiger partial charge in [0.15, 0.2) is 0 Å². The first kappa shape index (κ1) is 16.9. The fourth-order valence-corrected chi connectivity index (χ4v) is 2.35. The summed E-state index contributed by atoms with van der Waals surface area (Å²) in [5, 5.41) is 6.22. The predicted molar refractivity (Wildman–Crippen MR) is 95.9 cm³/mol. The first-order chi connectivity index (χ1) is 12.0. The Morgan fingerprint density at radius 3 is 2.76 bits per heavy atom. The minimum atomic E-state index is -0.393. The van der Waals surface area contributed by atoms with Crippen molar-refractivity contribution in [3.8, 4) is 0 Å². The van der Waals surface area contributed by atoms with Crippen LogP contribution in [0.4, 0.5) is 21.6 Å². The number of anilines is 3. The molecule has 0 aliphatic carbocycles. The van der Waals surface area contributed by atoms with Crippen LogP contribution in [0.25, 0.3) is 0 Å². The zero-order valence-corrected chi connectivity index (χ0v) is 14.0. The number of hydrogen-bond acceptors (Lipinski definition) is 4. The number of halogens is 2. The Kier molecular flexibility index (Phi) is 4.90. The van der Waals surface area contributed by atoms with Crippen LogP contribution in [0.2, 0.25) is 5.02 Å². The van der Waals surface area contributed by atoms with Gasteiger partial charge in [0.05, 0.1) is 0 Å². The molecule has 0 saturated heterocycles. The van der Waals surface area contributed by atoms with Gasteiger partial charge in [-0.3, -0.25) is 4.79 Å². The molecule has 5 nitrogen and oxygen atoms in total. The average molecular weight is 357 g/mol. The maximum absolute atomic E-state index is 13.2. The number of aryl methyl sites for hydroxylation is 1. The molecule has 1 amide bonds. The van der Waals surface area contributed by atoms with E-state index in [1.165, 1.54) is 24.5 Å². The van der Waals surface area contributed by atoms with Crippen LogP contribution >= 0.6 is 11.6 Å². The van der Waals surface area contributed by atoms with Gasteiger partial charge in [-0.25, -0.2) is 14.4 Å². The third-order valence-electron chi connectivity index (χ3n) is 3.44. The van der Waals surface area contributed by atoms with E-state index in [1.807, 2.05) is 13.0 Å². The van der Waals surface area contributed by atoms with Crippen molar-refractivity contribution in [3.05, 3.63) is 77.0 Å². The molecule has 2 N–H and O–H groups in total. The second kappa shape index (κ2) is 7.27. The second-order valence-corrected chi connectivity index (χ2v) is 5.77. The minimum absolute atomic E-state index is 0.174. The minimum Gasteiger partial charge on any atom is -0.340 e. The van der Waals surface area contributed by atoms with Gasteiger partial charge in [0.2, 0.25) is 0 Å². The lowest BCUT2D eigenvalue weighted by molar-refractivity contribution is 0.102. The number of amides is 1. The van der Waals surface area contributed by atoms with Crippen LogP contribution < -0.4 is 10.6 Å². The average Bonchev–Trinajstić information content (AvgIpc) is 2.58. The number of benzene rings is 2. The van der Waals surface area contributed by atoms with E-state index in [0.717, 1.165) is 5.56 Å². The van der Waals surface area contributed by atoms with Crippen LogP contribution in [-0.2, 0) is 0 Å². The van der Waals surface area contributed by atoms with Crippen molar-refractivity contribution in [2.45, 2.75) is 6.92 Å². The van der Waals surface area contributed by atoms with Gasteiger partial charge in [-0.15, -0.1) is 0 Å². The van der Waals surface area contributed by atoms with Crippen molar-refractivity contribution in [1.82, 2.24) is 9.97 Å². The van der Waals surface area contributed by atoms with Crippen LogP contribution in [-0.4, -0.2) is 15.9 Å². The fourth-order valence-electron chi connectivity index (χ4n) is 2.18. The summed E-state index contributed by atoms with van der Waals surface area (Å²) in [7, 11) is 0. The fraction of sp³-hybridized carbons (Fsp3) is 0.0556. The van der Waals surface area contributed by atoms with E-state index in [0.29, 0.717) is 22.2 Å². The molecular formula is C18H14ClFN4O. The third-order valence-corrected chi connectivity index (χ3v) is 3.68. The van der Waals surface area contributed by atoms with Crippen LogP contribution in [0.15, 0.2) is 54.9 Å². The molecular weight excluding hydrogens is 343 g/mol. The summed E-state index contributed by atoms with van der Waals surface area (Å²) < 4.78 is 13.2. The van der Waals surface area contributed by atoms with E-state index in [2.05, 4.69) is 20.6 Å². The Bertz CT molecular complexity index is 932. The van der Waals surface area contributed by atoms with Crippen LogP contribution in [0.5, 0.6) is 0 Å². The Balaban J connectivity index is 1.78. The summed E-state index contributed by atoms with van der Waals surface area (Å²) in [6.45, 7) is 1.86. The number of aromatic nitrogens is 2. The summed E-state index contributed by atoms with van der Waals surface area (Å²) in [5.74, 6) is -0.378. The molecule has 3 rings (SSSR count). The highest BCUT2D eigenvalue weighted by atomic mass is 35.5. The standard InChI is InChI=1S/C18H14ClFN4O/c1-11-5-6-12(19)7-15(11)24-18(25)16-9-17(22-10-21-16)23-14-4-2-3-13(20)8-14/h2-10H,1H3,(H,24,25)(H,21,22,23). The van der Waals surface area contributed by atoms with Gasteiger partial charge in [0.25, 0.3) is 5.91 Å². The summed E-state index contributed by atoms with van der Waals surface area (Å²) in [4.78, 5) is 20.4. The number of carbonyl (C=O) groups excluding carboxylic acids is 1. The Hall–Kier alpha value is -2.99. The number of hydrogen-bond donors (Lipinski definition) is 2.